The molecular formula is C19H30N2O3. The minimum atomic E-state index is -0.0886. The van der Waals surface area contributed by atoms with Crippen LogP contribution in [0.1, 0.15) is 53.4 Å². The number of hydrogen-bond donors (Lipinski definition) is 1. The van der Waals surface area contributed by atoms with Gasteiger partial charge in [-0.25, -0.2) is 0 Å². The zero-order valence-corrected chi connectivity index (χ0v) is 15.3. The Balaban J connectivity index is 2.42. The Kier molecular flexibility index (Phi) is 8.90. The average Bonchev–Trinajstić information content (AvgIpc) is 2.51. The summed E-state index contributed by atoms with van der Waals surface area (Å²) < 4.78 is 5.57. The predicted molar refractivity (Wildman–Crippen MR) is 97.2 cm³/mol. The average molecular weight is 334 g/mol. The SMILES string of the molecule is CCCCCN(CCC(=O)Nc1ccc(OC(C)C)cc1)C(C)=O. The molecule has 134 valence electrons. The van der Waals surface area contributed by atoms with Crippen LogP contribution >= 0.6 is 0 Å². The van der Waals surface area contributed by atoms with E-state index < -0.39 is 0 Å². The van der Waals surface area contributed by atoms with Crippen molar-refractivity contribution < 1.29 is 14.3 Å². The fourth-order valence-electron chi connectivity index (χ4n) is 2.33. The molecular weight excluding hydrogens is 304 g/mol. The summed E-state index contributed by atoms with van der Waals surface area (Å²) in [6, 6.07) is 7.31. The van der Waals surface area contributed by atoms with Crippen LogP contribution in [-0.2, 0) is 9.59 Å². The molecule has 0 aliphatic rings. The molecule has 0 aliphatic heterocycles. The normalized spacial score (nSPS) is 10.5. The van der Waals surface area contributed by atoms with Gasteiger partial charge in [-0.1, -0.05) is 19.8 Å². The molecule has 1 aromatic carbocycles. The molecule has 0 unspecified atom stereocenters. The van der Waals surface area contributed by atoms with Crippen molar-refractivity contribution in [2.75, 3.05) is 18.4 Å². The maximum absolute atomic E-state index is 12.1. The highest BCUT2D eigenvalue weighted by Gasteiger charge is 2.11. The number of benzene rings is 1. The van der Waals surface area contributed by atoms with Crippen LogP contribution in [-0.4, -0.2) is 35.9 Å². The number of carbonyl (C=O) groups is 2. The van der Waals surface area contributed by atoms with E-state index in [9.17, 15) is 9.59 Å². The molecule has 2 amide bonds. The summed E-state index contributed by atoms with van der Waals surface area (Å²) in [6.07, 6.45) is 3.62. The van der Waals surface area contributed by atoms with Crippen molar-refractivity contribution in [2.45, 2.75) is 59.5 Å². The smallest absolute Gasteiger partial charge is 0.226 e. The molecule has 0 radical (unpaired) electrons. The molecule has 0 heterocycles. The van der Waals surface area contributed by atoms with Gasteiger partial charge in [-0.05, 0) is 44.5 Å². The Labute approximate surface area is 145 Å². The van der Waals surface area contributed by atoms with Crippen LogP contribution < -0.4 is 10.1 Å². The highest BCUT2D eigenvalue weighted by Crippen LogP contribution is 2.17. The standard InChI is InChI=1S/C19H30N2O3/c1-5-6-7-13-21(16(4)22)14-12-19(23)20-17-8-10-18(11-9-17)24-15(2)3/h8-11,15H,5-7,12-14H2,1-4H3,(H,20,23). The molecule has 0 saturated heterocycles. The molecule has 1 rings (SSSR count). The van der Waals surface area contributed by atoms with Crippen LogP contribution in [0.15, 0.2) is 24.3 Å². The minimum Gasteiger partial charge on any atom is -0.491 e. The Morgan fingerprint density at radius 1 is 1.12 bits per heavy atom. The molecule has 5 nitrogen and oxygen atoms in total. The van der Waals surface area contributed by atoms with Crippen molar-refractivity contribution in [3.63, 3.8) is 0 Å². The third-order valence-corrected chi connectivity index (χ3v) is 3.60. The molecule has 1 aromatic rings. The van der Waals surface area contributed by atoms with Gasteiger partial charge in [0, 0.05) is 32.1 Å². The van der Waals surface area contributed by atoms with Crippen molar-refractivity contribution in [1.82, 2.24) is 4.90 Å². The van der Waals surface area contributed by atoms with Crippen molar-refractivity contribution in [3.8, 4) is 5.75 Å². The number of anilines is 1. The second kappa shape index (κ2) is 10.7. The second-order valence-electron chi connectivity index (χ2n) is 6.20. The highest BCUT2D eigenvalue weighted by molar-refractivity contribution is 5.91. The Bertz CT molecular complexity index is 512. The van der Waals surface area contributed by atoms with Crippen molar-refractivity contribution in [1.29, 1.82) is 0 Å². The Morgan fingerprint density at radius 3 is 2.33 bits per heavy atom. The molecule has 0 saturated carbocycles. The number of amides is 2. The van der Waals surface area contributed by atoms with Crippen LogP contribution in [0.25, 0.3) is 0 Å². The monoisotopic (exact) mass is 334 g/mol. The van der Waals surface area contributed by atoms with Crippen molar-refractivity contribution in [3.05, 3.63) is 24.3 Å². The van der Waals surface area contributed by atoms with E-state index in [1.807, 2.05) is 38.1 Å². The van der Waals surface area contributed by atoms with Gasteiger partial charge in [0.15, 0.2) is 0 Å². The second-order valence-corrected chi connectivity index (χ2v) is 6.20. The van der Waals surface area contributed by atoms with E-state index >= 15 is 0 Å². The highest BCUT2D eigenvalue weighted by atomic mass is 16.5. The largest absolute Gasteiger partial charge is 0.491 e. The lowest BCUT2D eigenvalue weighted by atomic mass is 10.2. The summed E-state index contributed by atoms with van der Waals surface area (Å²) in [6.45, 7) is 8.80. The predicted octanol–water partition coefficient (Wildman–Crippen LogP) is 3.84. The van der Waals surface area contributed by atoms with Crippen LogP contribution in [0.3, 0.4) is 0 Å². The number of nitrogens with zero attached hydrogens (tertiary/aromatic N) is 1. The first kappa shape index (κ1) is 20.0. The zero-order valence-electron chi connectivity index (χ0n) is 15.3. The Hall–Kier alpha value is -2.04. The van der Waals surface area contributed by atoms with E-state index in [1.54, 1.807) is 11.8 Å². The minimum absolute atomic E-state index is 0.0223. The maximum atomic E-state index is 12.1. The summed E-state index contributed by atoms with van der Waals surface area (Å²) in [5.74, 6) is 0.713. The first-order valence-electron chi connectivity index (χ1n) is 8.74. The fraction of sp³-hybridized carbons (Fsp3) is 0.579. The quantitative estimate of drug-likeness (QED) is 0.661. The third-order valence-electron chi connectivity index (χ3n) is 3.60. The molecule has 0 aliphatic carbocycles. The number of hydrogen-bond acceptors (Lipinski definition) is 3. The van der Waals surface area contributed by atoms with E-state index in [1.165, 1.54) is 0 Å². The summed E-state index contributed by atoms with van der Waals surface area (Å²) in [5.41, 5.74) is 0.733. The van der Waals surface area contributed by atoms with E-state index in [0.717, 1.165) is 37.2 Å². The molecule has 5 heteroatoms. The molecule has 0 aromatic heterocycles. The van der Waals surface area contributed by atoms with Gasteiger partial charge in [-0.3, -0.25) is 9.59 Å². The van der Waals surface area contributed by atoms with Crippen molar-refractivity contribution >= 4 is 17.5 Å². The number of ether oxygens (including phenoxy) is 1. The Morgan fingerprint density at radius 2 is 1.79 bits per heavy atom. The van der Waals surface area contributed by atoms with Gasteiger partial charge in [-0.2, -0.15) is 0 Å². The van der Waals surface area contributed by atoms with E-state index in [4.69, 9.17) is 4.74 Å². The van der Waals surface area contributed by atoms with Gasteiger partial charge in [0.1, 0.15) is 5.75 Å². The van der Waals surface area contributed by atoms with E-state index in [-0.39, 0.29) is 17.9 Å². The van der Waals surface area contributed by atoms with E-state index in [0.29, 0.717) is 13.0 Å². The van der Waals surface area contributed by atoms with Gasteiger partial charge < -0.3 is 15.0 Å². The van der Waals surface area contributed by atoms with Crippen LogP contribution in [0, 0.1) is 0 Å². The maximum Gasteiger partial charge on any atom is 0.226 e. The topological polar surface area (TPSA) is 58.6 Å². The fourth-order valence-corrected chi connectivity index (χ4v) is 2.33. The zero-order chi connectivity index (χ0) is 17.9. The molecule has 0 bridgehead atoms. The van der Waals surface area contributed by atoms with E-state index in [2.05, 4.69) is 12.2 Å². The van der Waals surface area contributed by atoms with Crippen LogP contribution in [0.5, 0.6) is 5.75 Å². The lowest BCUT2D eigenvalue weighted by Crippen LogP contribution is -2.32. The number of nitrogens with one attached hydrogen (secondary N) is 1. The first-order valence-corrected chi connectivity index (χ1v) is 8.74. The van der Waals surface area contributed by atoms with Gasteiger partial charge in [0.2, 0.25) is 11.8 Å². The van der Waals surface area contributed by atoms with Gasteiger partial charge in [0.25, 0.3) is 0 Å². The lowest BCUT2D eigenvalue weighted by molar-refractivity contribution is -0.129. The number of rotatable bonds is 10. The van der Waals surface area contributed by atoms with Crippen molar-refractivity contribution in [2.24, 2.45) is 0 Å². The summed E-state index contributed by atoms with van der Waals surface area (Å²) in [7, 11) is 0. The lowest BCUT2D eigenvalue weighted by Gasteiger charge is -2.20. The van der Waals surface area contributed by atoms with Crippen LogP contribution in [0.4, 0.5) is 5.69 Å². The van der Waals surface area contributed by atoms with Gasteiger partial charge in [-0.15, -0.1) is 0 Å². The molecule has 24 heavy (non-hydrogen) atoms. The molecule has 1 N–H and O–H groups in total. The molecule has 0 spiro atoms. The number of unbranched alkanes of at least 4 members (excludes halogenated alkanes) is 2. The first-order chi connectivity index (χ1) is 11.4. The van der Waals surface area contributed by atoms with Gasteiger partial charge >= 0.3 is 0 Å². The summed E-state index contributed by atoms with van der Waals surface area (Å²) in [4.78, 5) is 25.4. The molecule has 0 atom stereocenters. The molecule has 0 fully saturated rings. The third kappa shape index (κ3) is 7.99. The summed E-state index contributed by atoms with van der Waals surface area (Å²) >= 11 is 0. The summed E-state index contributed by atoms with van der Waals surface area (Å²) in [5, 5.41) is 2.85. The van der Waals surface area contributed by atoms with Crippen LogP contribution in [0.2, 0.25) is 0 Å². The number of carbonyl (C=O) groups excluding carboxylic acids is 2. The van der Waals surface area contributed by atoms with Gasteiger partial charge in [0.05, 0.1) is 6.10 Å².